The summed E-state index contributed by atoms with van der Waals surface area (Å²) in [7, 11) is 0. The first kappa shape index (κ1) is 20.8. The van der Waals surface area contributed by atoms with Crippen LogP contribution in [0.1, 0.15) is 36.6 Å². The molecule has 0 saturated heterocycles. The molecule has 27 heavy (non-hydrogen) atoms. The molecule has 9 heteroatoms. The van der Waals surface area contributed by atoms with Crippen LogP contribution in [0.2, 0.25) is 0 Å². The number of rotatable bonds is 9. The highest BCUT2D eigenvalue weighted by molar-refractivity contribution is 5.91. The van der Waals surface area contributed by atoms with Crippen molar-refractivity contribution >= 4 is 5.91 Å². The predicted molar refractivity (Wildman–Crippen MR) is 87.4 cm³/mol. The van der Waals surface area contributed by atoms with Crippen LogP contribution in [-0.2, 0) is 11.3 Å². The average molecular weight is 389 g/mol. The van der Waals surface area contributed by atoms with E-state index in [1.807, 2.05) is 13.8 Å². The summed E-state index contributed by atoms with van der Waals surface area (Å²) in [6, 6.07) is 2.78. The molecule has 2 aromatic rings. The van der Waals surface area contributed by atoms with E-state index in [-0.39, 0.29) is 23.7 Å². The van der Waals surface area contributed by atoms with E-state index in [0.717, 1.165) is 0 Å². The number of carbonyl (C=O) groups excluding carboxylic acids is 1. The Morgan fingerprint density at radius 3 is 2.44 bits per heavy atom. The molecule has 0 saturated carbocycles. The van der Waals surface area contributed by atoms with Crippen LogP contribution in [0.15, 0.2) is 22.6 Å². The van der Waals surface area contributed by atoms with Crippen LogP contribution in [0.4, 0.5) is 17.6 Å². The van der Waals surface area contributed by atoms with Gasteiger partial charge in [0.25, 0.3) is 5.91 Å². The average Bonchev–Trinajstić information content (AvgIpc) is 3.08. The van der Waals surface area contributed by atoms with Gasteiger partial charge in [0.05, 0.1) is 6.10 Å². The van der Waals surface area contributed by atoms with Crippen LogP contribution < -0.4 is 10.1 Å². The highest BCUT2D eigenvalue weighted by atomic mass is 19.2. The van der Waals surface area contributed by atoms with Crippen molar-refractivity contribution in [2.45, 2.75) is 33.0 Å². The highest BCUT2D eigenvalue weighted by Gasteiger charge is 2.21. The quantitative estimate of drug-likeness (QED) is 0.401. The van der Waals surface area contributed by atoms with Crippen molar-refractivity contribution in [2.24, 2.45) is 0 Å². The van der Waals surface area contributed by atoms with Crippen LogP contribution in [0.3, 0.4) is 0 Å². The first-order chi connectivity index (χ1) is 12.8. The highest BCUT2D eigenvalue weighted by Crippen LogP contribution is 2.27. The Labute approximate surface area is 153 Å². The van der Waals surface area contributed by atoms with Crippen molar-refractivity contribution in [3.63, 3.8) is 0 Å². The van der Waals surface area contributed by atoms with Crippen molar-refractivity contribution in [3.8, 4) is 5.75 Å². The minimum atomic E-state index is -1.65. The topological polar surface area (TPSA) is 60.7 Å². The number of halogens is 4. The summed E-state index contributed by atoms with van der Waals surface area (Å²) in [6.07, 6.45) is 0.721. The van der Waals surface area contributed by atoms with Gasteiger partial charge in [0.15, 0.2) is 23.1 Å². The standard InChI is InChI=1S/C18H19F4NO4/c1-10(2)25-7-3-6-23-18(24)14-5-4-11(27-14)9-26-17-15(21)12(19)8-13(20)16(17)22/h4-5,8,10H,3,6-7,9H2,1-2H3,(H,23,24). The summed E-state index contributed by atoms with van der Waals surface area (Å²) >= 11 is 0. The number of ether oxygens (including phenoxy) is 2. The van der Waals surface area contributed by atoms with Crippen LogP contribution in [-0.4, -0.2) is 25.2 Å². The smallest absolute Gasteiger partial charge is 0.286 e. The Balaban J connectivity index is 1.88. The Bertz CT molecular complexity index is 766. The van der Waals surface area contributed by atoms with Gasteiger partial charge in [0, 0.05) is 19.2 Å². The van der Waals surface area contributed by atoms with Crippen LogP contribution in [0.5, 0.6) is 5.75 Å². The van der Waals surface area contributed by atoms with Gasteiger partial charge in [-0.3, -0.25) is 4.79 Å². The molecule has 148 valence electrons. The van der Waals surface area contributed by atoms with E-state index in [1.165, 1.54) is 12.1 Å². The van der Waals surface area contributed by atoms with Crippen molar-refractivity contribution in [2.75, 3.05) is 13.2 Å². The minimum Gasteiger partial charge on any atom is -0.479 e. The SMILES string of the molecule is CC(C)OCCCNC(=O)c1ccc(COc2c(F)c(F)cc(F)c2F)o1. The van der Waals surface area contributed by atoms with Gasteiger partial charge in [0.1, 0.15) is 12.4 Å². The molecule has 0 aliphatic heterocycles. The molecule has 0 spiro atoms. The molecule has 0 radical (unpaired) electrons. The third-order valence-corrected chi connectivity index (χ3v) is 3.37. The Morgan fingerprint density at radius 2 is 1.81 bits per heavy atom. The van der Waals surface area contributed by atoms with E-state index in [0.29, 0.717) is 19.6 Å². The Morgan fingerprint density at radius 1 is 1.15 bits per heavy atom. The summed E-state index contributed by atoms with van der Waals surface area (Å²) in [6.45, 7) is 4.15. The van der Waals surface area contributed by atoms with Crippen molar-refractivity contribution in [3.05, 3.63) is 53.0 Å². The van der Waals surface area contributed by atoms with Crippen molar-refractivity contribution in [1.29, 1.82) is 0 Å². The first-order valence-corrected chi connectivity index (χ1v) is 8.24. The second kappa shape index (κ2) is 9.40. The molecular formula is C18H19F4NO4. The van der Waals surface area contributed by atoms with Gasteiger partial charge >= 0.3 is 0 Å². The monoisotopic (exact) mass is 389 g/mol. The van der Waals surface area contributed by atoms with Gasteiger partial charge in [-0.1, -0.05) is 0 Å². The number of furan rings is 1. The lowest BCUT2D eigenvalue weighted by Gasteiger charge is -2.08. The van der Waals surface area contributed by atoms with Gasteiger partial charge in [-0.25, -0.2) is 8.78 Å². The van der Waals surface area contributed by atoms with E-state index in [1.54, 1.807) is 0 Å². The van der Waals surface area contributed by atoms with Crippen LogP contribution in [0.25, 0.3) is 0 Å². The fourth-order valence-electron chi connectivity index (χ4n) is 2.08. The van der Waals surface area contributed by atoms with E-state index in [2.05, 4.69) is 5.32 Å². The molecule has 0 aliphatic rings. The molecule has 0 atom stereocenters. The van der Waals surface area contributed by atoms with Gasteiger partial charge < -0.3 is 19.2 Å². The van der Waals surface area contributed by atoms with Gasteiger partial charge in [0.2, 0.25) is 11.6 Å². The molecule has 1 aromatic heterocycles. The maximum atomic E-state index is 13.5. The zero-order chi connectivity index (χ0) is 20.0. The third kappa shape index (κ3) is 5.72. The van der Waals surface area contributed by atoms with Crippen LogP contribution >= 0.6 is 0 Å². The molecule has 0 bridgehead atoms. The summed E-state index contributed by atoms with van der Waals surface area (Å²) in [4.78, 5) is 11.9. The van der Waals surface area contributed by atoms with E-state index in [9.17, 15) is 22.4 Å². The number of nitrogens with one attached hydrogen (secondary N) is 1. The number of benzene rings is 1. The maximum Gasteiger partial charge on any atom is 0.286 e. The lowest BCUT2D eigenvalue weighted by atomic mass is 10.3. The molecule has 1 N–H and O–H groups in total. The van der Waals surface area contributed by atoms with Gasteiger partial charge in [-0.15, -0.1) is 0 Å². The first-order valence-electron chi connectivity index (χ1n) is 8.24. The largest absolute Gasteiger partial charge is 0.479 e. The zero-order valence-electron chi connectivity index (χ0n) is 14.8. The molecule has 2 rings (SSSR count). The molecule has 0 aliphatic carbocycles. The summed E-state index contributed by atoms with van der Waals surface area (Å²) in [5.41, 5.74) is 0. The maximum absolute atomic E-state index is 13.5. The fraction of sp³-hybridized carbons (Fsp3) is 0.389. The van der Waals surface area contributed by atoms with Gasteiger partial charge in [-0.05, 0) is 32.4 Å². The summed E-state index contributed by atoms with van der Waals surface area (Å²) < 4.78 is 68.6. The lowest BCUT2D eigenvalue weighted by molar-refractivity contribution is 0.0752. The Kier molecular flexibility index (Phi) is 7.23. The lowest BCUT2D eigenvalue weighted by Crippen LogP contribution is -2.25. The van der Waals surface area contributed by atoms with E-state index in [4.69, 9.17) is 13.9 Å². The second-order valence-electron chi connectivity index (χ2n) is 5.88. The molecule has 1 amide bonds. The minimum absolute atomic E-state index is 0.0373. The number of hydrogen-bond acceptors (Lipinski definition) is 4. The van der Waals surface area contributed by atoms with E-state index < -0.39 is 41.5 Å². The van der Waals surface area contributed by atoms with Crippen LogP contribution in [0, 0.1) is 23.3 Å². The van der Waals surface area contributed by atoms with Crippen molar-refractivity contribution in [1.82, 2.24) is 5.32 Å². The molecule has 5 nitrogen and oxygen atoms in total. The number of carbonyl (C=O) groups is 1. The molecule has 1 heterocycles. The predicted octanol–water partition coefficient (Wildman–Crippen LogP) is 3.96. The summed E-state index contributed by atoms with van der Waals surface area (Å²) in [5, 5.41) is 2.62. The normalized spacial score (nSPS) is 11.1. The molecule has 0 fully saturated rings. The molecular weight excluding hydrogens is 370 g/mol. The Hall–Kier alpha value is -2.55. The number of amides is 1. The van der Waals surface area contributed by atoms with Gasteiger partial charge in [-0.2, -0.15) is 8.78 Å². The summed E-state index contributed by atoms with van der Waals surface area (Å²) in [5.74, 6) is -8.13. The van der Waals surface area contributed by atoms with E-state index >= 15 is 0 Å². The fourth-order valence-corrected chi connectivity index (χ4v) is 2.08. The zero-order valence-corrected chi connectivity index (χ0v) is 14.8. The second-order valence-corrected chi connectivity index (χ2v) is 5.88. The number of hydrogen-bond donors (Lipinski definition) is 1. The molecule has 1 aromatic carbocycles. The van der Waals surface area contributed by atoms with Crippen molar-refractivity contribution < 1.29 is 36.2 Å². The molecule has 0 unspecified atom stereocenters. The third-order valence-electron chi connectivity index (χ3n) is 3.37.